The minimum absolute atomic E-state index is 0.135. The van der Waals surface area contributed by atoms with Crippen LogP contribution in [0.25, 0.3) is 17.0 Å². The van der Waals surface area contributed by atoms with Gasteiger partial charge in [0.15, 0.2) is 11.6 Å². The third-order valence-corrected chi connectivity index (χ3v) is 3.73. The number of nitrogens with two attached hydrogens (primary N) is 1. The highest BCUT2D eigenvalue weighted by Gasteiger charge is 2.45. The summed E-state index contributed by atoms with van der Waals surface area (Å²) < 4.78 is 20.1. The number of nitrogen functional groups attached to an aromatic ring is 1. The van der Waals surface area contributed by atoms with Crippen molar-refractivity contribution in [1.29, 1.82) is 0 Å². The second-order valence-electron chi connectivity index (χ2n) is 5.19. The molecule has 0 radical (unpaired) electrons. The van der Waals surface area contributed by atoms with Crippen LogP contribution in [-0.2, 0) is 0 Å². The largest absolute Gasteiger partial charge is 0.464 e. The molecule has 2 atom stereocenters. The Kier molecular flexibility index (Phi) is 2.42. The number of hydrogen-bond acceptors (Lipinski definition) is 4. The summed E-state index contributed by atoms with van der Waals surface area (Å²) >= 11 is 0. The van der Waals surface area contributed by atoms with Crippen molar-refractivity contribution < 1.29 is 13.6 Å². The predicted molar refractivity (Wildman–Crippen MR) is 74.6 cm³/mol. The number of aromatic nitrogens is 2. The SMILES string of the molecule is Nc1nc2ccc(-c3ccco3)cn2c1C(=O)[C@@H]1C[C@@H]1F. The minimum Gasteiger partial charge on any atom is -0.464 e. The monoisotopic (exact) mass is 285 g/mol. The van der Waals surface area contributed by atoms with E-state index in [4.69, 9.17) is 10.2 Å². The van der Waals surface area contributed by atoms with E-state index >= 15 is 0 Å². The Labute approximate surface area is 119 Å². The first-order valence-electron chi connectivity index (χ1n) is 6.65. The lowest BCUT2D eigenvalue weighted by atomic mass is 10.2. The van der Waals surface area contributed by atoms with Crippen LogP contribution in [0.1, 0.15) is 16.9 Å². The zero-order valence-electron chi connectivity index (χ0n) is 11.0. The van der Waals surface area contributed by atoms with Crippen molar-refractivity contribution in [3.63, 3.8) is 0 Å². The predicted octanol–water partition coefficient (Wildman–Crippen LogP) is 2.72. The number of alkyl halides is 1. The molecule has 106 valence electrons. The zero-order chi connectivity index (χ0) is 14.6. The molecule has 0 unspecified atom stereocenters. The molecule has 1 aliphatic carbocycles. The number of carbonyl (C=O) groups excluding carboxylic acids is 1. The van der Waals surface area contributed by atoms with E-state index in [9.17, 15) is 9.18 Å². The summed E-state index contributed by atoms with van der Waals surface area (Å²) in [5.74, 6) is -0.0587. The van der Waals surface area contributed by atoms with Gasteiger partial charge in [0, 0.05) is 11.8 Å². The molecule has 6 heteroatoms. The van der Waals surface area contributed by atoms with E-state index in [2.05, 4.69) is 4.98 Å². The van der Waals surface area contributed by atoms with Crippen LogP contribution >= 0.6 is 0 Å². The van der Waals surface area contributed by atoms with E-state index in [1.807, 2.05) is 12.1 Å². The Hall–Kier alpha value is -2.63. The highest BCUT2D eigenvalue weighted by Crippen LogP contribution is 2.38. The zero-order valence-corrected chi connectivity index (χ0v) is 11.0. The normalized spacial score (nSPS) is 20.8. The Balaban J connectivity index is 1.87. The maximum atomic E-state index is 13.1. The Bertz CT molecular complexity index is 838. The molecule has 0 amide bonds. The van der Waals surface area contributed by atoms with Gasteiger partial charge in [-0.3, -0.25) is 9.20 Å². The third kappa shape index (κ3) is 1.83. The summed E-state index contributed by atoms with van der Waals surface area (Å²) in [5.41, 5.74) is 7.44. The summed E-state index contributed by atoms with van der Waals surface area (Å²) in [5, 5.41) is 0. The molecule has 0 bridgehead atoms. The van der Waals surface area contributed by atoms with Gasteiger partial charge in [0.05, 0.1) is 12.2 Å². The molecule has 1 saturated carbocycles. The highest BCUT2D eigenvalue weighted by molar-refractivity contribution is 6.03. The van der Waals surface area contributed by atoms with Gasteiger partial charge in [-0.25, -0.2) is 9.37 Å². The molecule has 5 nitrogen and oxygen atoms in total. The van der Waals surface area contributed by atoms with Gasteiger partial charge in [-0.15, -0.1) is 0 Å². The van der Waals surface area contributed by atoms with Crippen molar-refractivity contribution >= 4 is 17.2 Å². The second-order valence-corrected chi connectivity index (χ2v) is 5.19. The summed E-state index contributed by atoms with van der Waals surface area (Å²) in [7, 11) is 0. The smallest absolute Gasteiger partial charge is 0.189 e. The Morgan fingerprint density at radius 3 is 2.90 bits per heavy atom. The average Bonchev–Trinajstić information content (AvgIpc) is 2.91. The van der Waals surface area contributed by atoms with Crippen molar-refractivity contribution in [3.05, 3.63) is 42.4 Å². The fourth-order valence-corrected chi connectivity index (χ4v) is 2.51. The molecular formula is C15H12FN3O2. The molecule has 4 rings (SSSR count). The van der Waals surface area contributed by atoms with Crippen molar-refractivity contribution in [2.45, 2.75) is 12.6 Å². The maximum absolute atomic E-state index is 13.1. The third-order valence-electron chi connectivity index (χ3n) is 3.73. The lowest BCUT2D eigenvalue weighted by Gasteiger charge is -2.03. The molecule has 2 N–H and O–H groups in total. The van der Waals surface area contributed by atoms with Crippen LogP contribution in [0.5, 0.6) is 0 Å². The molecule has 0 aliphatic heterocycles. The van der Waals surface area contributed by atoms with Gasteiger partial charge in [-0.1, -0.05) is 0 Å². The molecule has 0 saturated heterocycles. The quantitative estimate of drug-likeness (QED) is 0.751. The van der Waals surface area contributed by atoms with Crippen LogP contribution in [0.15, 0.2) is 41.1 Å². The number of Topliss-reactive ketones (excluding diaryl/α,β-unsaturated/α-hetero) is 1. The number of hydrogen-bond donors (Lipinski definition) is 1. The maximum Gasteiger partial charge on any atom is 0.189 e. The van der Waals surface area contributed by atoms with Crippen LogP contribution in [0.3, 0.4) is 0 Å². The van der Waals surface area contributed by atoms with E-state index < -0.39 is 12.1 Å². The average molecular weight is 285 g/mol. The van der Waals surface area contributed by atoms with E-state index in [0.717, 1.165) is 5.56 Å². The molecule has 0 spiro atoms. The number of imidazole rings is 1. The molecule has 0 aromatic carbocycles. The molecule has 3 aromatic heterocycles. The fourth-order valence-electron chi connectivity index (χ4n) is 2.51. The molecule has 3 aromatic rings. The Morgan fingerprint density at radius 2 is 2.24 bits per heavy atom. The number of carbonyl (C=O) groups is 1. The summed E-state index contributed by atoms with van der Waals surface area (Å²) in [6.45, 7) is 0. The van der Waals surface area contributed by atoms with E-state index in [1.54, 1.807) is 29.0 Å². The second kappa shape index (κ2) is 4.18. The highest BCUT2D eigenvalue weighted by atomic mass is 19.1. The first kappa shape index (κ1) is 12.1. The van der Waals surface area contributed by atoms with Crippen molar-refractivity contribution in [2.75, 3.05) is 5.73 Å². The summed E-state index contributed by atoms with van der Waals surface area (Å²) in [6, 6.07) is 7.20. The van der Waals surface area contributed by atoms with E-state index in [0.29, 0.717) is 11.4 Å². The van der Waals surface area contributed by atoms with Gasteiger partial charge in [-0.2, -0.15) is 0 Å². The van der Waals surface area contributed by atoms with Crippen LogP contribution in [0.2, 0.25) is 0 Å². The topological polar surface area (TPSA) is 73.5 Å². The number of fused-ring (bicyclic) bond motifs is 1. The summed E-state index contributed by atoms with van der Waals surface area (Å²) in [4.78, 5) is 16.5. The number of rotatable bonds is 3. The first-order chi connectivity index (χ1) is 10.1. The standard InChI is InChI=1S/C15H12FN3O2/c16-10-6-9(10)14(20)13-15(17)18-12-4-3-8(7-19(12)13)11-2-1-5-21-11/h1-5,7,9-10H,6,17H2/t9-,10+/m1/s1. The van der Waals surface area contributed by atoms with Crippen LogP contribution in [0, 0.1) is 5.92 Å². The minimum atomic E-state index is -1.06. The van der Waals surface area contributed by atoms with Crippen LogP contribution in [-0.4, -0.2) is 21.3 Å². The lowest BCUT2D eigenvalue weighted by Crippen LogP contribution is -2.10. The number of pyridine rings is 1. The number of ketones is 1. The van der Waals surface area contributed by atoms with E-state index in [1.165, 1.54) is 0 Å². The first-order valence-corrected chi connectivity index (χ1v) is 6.65. The Morgan fingerprint density at radius 1 is 1.43 bits per heavy atom. The number of furan rings is 1. The van der Waals surface area contributed by atoms with Crippen molar-refractivity contribution in [1.82, 2.24) is 9.38 Å². The van der Waals surface area contributed by atoms with Gasteiger partial charge < -0.3 is 10.2 Å². The number of nitrogens with zero attached hydrogens (tertiary/aromatic N) is 2. The molecule has 3 heterocycles. The summed E-state index contributed by atoms with van der Waals surface area (Å²) in [6.07, 6.45) is 2.52. The van der Waals surface area contributed by atoms with Crippen molar-refractivity contribution in [3.8, 4) is 11.3 Å². The van der Waals surface area contributed by atoms with Gasteiger partial charge in [0.25, 0.3) is 0 Å². The molecular weight excluding hydrogens is 273 g/mol. The number of anilines is 1. The van der Waals surface area contributed by atoms with Gasteiger partial charge in [0.2, 0.25) is 0 Å². The molecule has 1 aliphatic rings. The van der Waals surface area contributed by atoms with Crippen LogP contribution in [0.4, 0.5) is 10.2 Å². The molecule has 1 fully saturated rings. The van der Waals surface area contributed by atoms with Gasteiger partial charge in [0.1, 0.15) is 23.3 Å². The van der Waals surface area contributed by atoms with Crippen LogP contribution < -0.4 is 5.73 Å². The number of halogens is 1. The van der Waals surface area contributed by atoms with E-state index in [-0.39, 0.29) is 23.7 Å². The van der Waals surface area contributed by atoms with Crippen molar-refractivity contribution in [2.24, 2.45) is 5.92 Å². The fraction of sp³-hybridized carbons (Fsp3) is 0.200. The van der Waals surface area contributed by atoms with Gasteiger partial charge >= 0.3 is 0 Å². The van der Waals surface area contributed by atoms with Gasteiger partial charge in [-0.05, 0) is 30.7 Å². The molecule has 21 heavy (non-hydrogen) atoms. The lowest BCUT2D eigenvalue weighted by molar-refractivity contribution is 0.0952.